The first kappa shape index (κ1) is 15.2. The second-order valence-electron chi connectivity index (χ2n) is 4.33. The zero-order valence-electron chi connectivity index (χ0n) is 10.6. The van der Waals surface area contributed by atoms with Crippen LogP contribution in [0, 0.1) is 15.9 Å². The molecule has 0 amide bonds. The average Bonchev–Trinajstić information content (AvgIpc) is 2.87. The molecule has 1 aromatic rings. The molecule has 2 rings (SSSR count). The molecule has 1 unspecified atom stereocenters. The molecule has 8 nitrogen and oxygen atoms in total. The predicted molar refractivity (Wildman–Crippen MR) is 68.1 cm³/mol. The van der Waals surface area contributed by atoms with Crippen molar-refractivity contribution in [1.82, 2.24) is 4.31 Å². The van der Waals surface area contributed by atoms with E-state index in [1.54, 1.807) is 0 Å². The van der Waals surface area contributed by atoms with Crippen molar-refractivity contribution in [3.05, 3.63) is 34.1 Å². The number of nitrogens with zero attached hydrogens (tertiary/aromatic N) is 3. The molecule has 10 heteroatoms. The summed E-state index contributed by atoms with van der Waals surface area (Å²) in [6.45, 7) is 0.0761. The monoisotopic (exact) mass is 315 g/mol. The molecule has 1 saturated heterocycles. The molecule has 0 radical (unpaired) electrons. The second-order valence-corrected chi connectivity index (χ2v) is 6.19. The standard InChI is InChI=1S/C11H10FN3O5S/c12-8-3-4-10(9(6-8)15(17)18)21(19,20)14-5-1-2-11(14)13-7-16/h3-4,6,11H,1-2,5H2. The van der Waals surface area contributed by atoms with Gasteiger partial charge in [-0.2, -0.15) is 9.30 Å². The summed E-state index contributed by atoms with van der Waals surface area (Å²) in [6.07, 6.45) is 1.14. The van der Waals surface area contributed by atoms with Gasteiger partial charge < -0.3 is 0 Å². The third-order valence-corrected chi connectivity index (χ3v) is 5.02. The van der Waals surface area contributed by atoms with Crippen molar-refractivity contribution >= 4 is 21.8 Å². The molecule has 21 heavy (non-hydrogen) atoms. The Bertz CT molecular complexity index is 729. The van der Waals surface area contributed by atoms with Gasteiger partial charge in [0.2, 0.25) is 6.08 Å². The zero-order valence-corrected chi connectivity index (χ0v) is 11.4. The largest absolute Gasteiger partial charge is 0.292 e. The van der Waals surface area contributed by atoms with Crippen molar-refractivity contribution in [2.45, 2.75) is 23.9 Å². The molecule has 1 aromatic carbocycles. The Balaban J connectivity index is 2.54. The summed E-state index contributed by atoms with van der Waals surface area (Å²) in [5.74, 6) is -0.912. The molecule has 0 aliphatic carbocycles. The lowest BCUT2D eigenvalue weighted by Gasteiger charge is -2.19. The number of isocyanates is 1. The Morgan fingerprint density at radius 3 is 2.81 bits per heavy atom. The van der Waals surface area contributed by atoms with Crippen molar-refractivity contribution < 1.29 is 22.5 Å². The summed E-state index contributed by atoms with van der Waals surface area (Å²) in [6, 6.07) is 2.21. The first-order valence-electron chi connectivity index (χ1n) is 5.90. The minimum absolute atomic E-state index is 0.0761. The van der Waals surface area contributed by atoms with Crippen molar-refractivity contribution in [3.8, 4) is 0 Å². The molecule has 112 valence electrons. The Kier molecular flexibility index (Phi) is 4.12. The van der Waals surface area contributed by atoms with Gasteiger partial charge in [0, 0.05) is 6.54 Å². The van der Waals surface area contributed by atoms with E-state index in [4.69, 9.17) is 0 Å². The highest BCUT2D eigenvalue weighted by atomic mass is 32.2. The fourth-order valence-electron chi connectivity index (χ4n) is 2.17. The molecule has 0 bridgehead atoms. The number of rotatable bonds is 4. The van der Waals surface area contributed by atoms with Crippen molar-refractivity contribution in [2.24, 2.45) is 4.99 Å². The number of halogens is 1. The molecule has 0 aromatic heterocycles. The van der Waals surface area contributed by atoms with E-state index in [-0.39, 0.29) is 6.54 Å². The number of hydrogen-bond acceptors (Lipinski definition) is 6. The van der Waals surface area contributed by atoms with Crippen LogP contribution in [-0.2, 0) is 14.8 Å². The van der Waals surface area contributed by atoms with E-state index in [0.29, 0.717) is 18.9 Å². The number of carbonyl (C=O) groups excluding carboxylic acids is 1. The number of sulfonamides is 1. The Morgan fingerprint density at radius 1 is 1.48 bits per heavy atom. The molecule has 1 aliphatic rings. The van der Waals surface area contributed by atoms with E-state index >= 15 is 0 Å². The summed E-state index contributed by atoms with van der Waals surface area (Å²) >= 11 is 0. The maximum Gasteiger partial charge on any atom is 0.292 e. The second kappa shape index (κ2) is 5.68. The van der Waals surface area contributed by atoms with Crippen molar-refractivity contribution in [1.29, 1.82) is 0 Å². The van der Waals surface area contributed by atoms with Crippen LogP contribution in [0.4, 0.5) is 10.1 Å². The molecule has 0 spiro atoms. The minimum Gasteiger partial charge on any atom is -0.258 e. The summed E-state index contributed by atoms with van der Waals surface area (Å²) in [4.78, 5) is 23.0. The van der Waals surface area contributed by atoms with Gasteiger partial charge >= 0.3 is 0 Å². The van der Waals surface area contributed by atoms with Gasteiger partial charge in [-0.3, -0.25) is 10.1 Å². The SMILES string of the molecule is O=C=NC1CCCN1S(=O)(=O)c1ccc(F)cc1[N+](=O)[O-]. The third kappa shape index (κ3) is 2.82. The van der Waals surface area contributed by atoms with Crippen LogP contribution in [0.5, 0.6) is 0 Å². The van der Waals surface area contributed by atoms with Crippen LogP contribution in [0.15, 0.2) is 28.1 Å². The lowest BCUT2D eigenvalue weighted by molar-refractivity contribution is -0.388. The van der Waals surface area contributed by atoms with Gasteiger partial charge in [-0.1, -0.05) is 0 Å². The molecule has 1 heterocycles. The van der Waals surface area contributed by atoms with Gasteiger partial charge in [-0.25, -0.2) is 17.6 Å². The smallest absolute Gasteiger partial charge is 0.258 e. The average molecular weight is 315 g/mol. The van der Waals surface area contributed by atoms with Crippen LogP contribution < -0.4 is 0 Å². The van der Waals surface area contributed by atoms with Crippen molar-refractivity contribution in [3.63, 3.8) is 0 Å². The molecular formula is C11H10FN3O5S. The maximum atomic E-state index is 13.1. The van der Waals surface area contributed by atoms with Gasteiger partial charge in [-0.15, -0.1) is 0 Å². The van der Waals surface area contributed by atoms with Crippen LogP contribution in [-0.4, -0.2) is 36.4 Å². The van der Waals surface area contributed by atoms with E-state index in [1.807, 2.05) is 0 Å². The van der Waals surface area contributed by atoms with E-state index < -0.39 is 37.5 Å². The zero-order chi connectivity index (χ0) is 15.6. The summed E-state index contributed by atoms with van der Waals surface area (Å²) in [5, 5.41) is 10.9. The summed E-state index contributed by atoms with van der Waals surface area (Å²) in [5.41, 5.74) is -0.851. The van der Waals surface area contributed by atoms with E-state index in [1.165, 1.54) is 6.08 Å². The highest BCUT2D eigenvalue weighted by molar-refractivity contribution is 7.89. The fourth-order valence-corrected chi connectivity index (χ4v) is 3.90. The number of aliphatic imine (C=N–C) groups is 1. The number of nitro groups is 1. The molecular weight excluding hydrogens is 305 g/mol. The first-order chi connectivity index (χ1) is 9.87. The van der Waals surface area contributed by atoms with E-state index in [9.17, 15) is 27.7 Å². The number of hydrogen-bond donors (Lipinski definition) is 0. The third-order valence-electron chi connectivity index (χ3n) is 3.08. The molecule has 1 atom stereocenters. The quantitative estimate of drug-likeness (QED) is 0.358. The van der Waals surface area contributed by atoms with Gasteiger partial charge in [0.1, 0.15) is 12.0 Å². The van der Waals surface area contributed by atoms with Crippen LogP contribution in [0.2, 0.25) is 0 Å². The normalized spacial score (nSPS) is 19.2. The van der Waals surface area contributed by atoms with Gasteiger partial charge in [0.05, 0.1) is 11.0 Å². The van der Waals surface area contributed by atoms with Crippen LogP contribution in [0.3, 0.4) is 0 Å². The highest BCUT2D eigenvalue weighted by Crippen LogP contribution is 2.32. The Labute approximate surface area is 119 Å². The van der Waals surface area contributed by atoms with Gasteiger partial charge in [0.25, 0.3) is 15.7 Å². The van der Waals surface area contributed by atoms with Gasteiger partial charge in [-0.05, 0) is 25.0 Å². The maximum absolute atomic E-state index is 13.1. The Hall–Kier alpha value is -2.16. The number of nitro benzene ring substituents is 1. The first-order valence-corrected chi connectivity index (χ1v) is 7.34. The topological polar surface area (TPSA) is 110 Å². The van der Waals surface area contributed by atoms with Crippen LogP contribution in [0.1, 0.15) is 12.8 Å². The van der Waals surface area contributed by atoms with Crippen LogP contribution in [0.25, 0.3) is 0 Å². The number of benzene rings is 1. The van der Waals surface area contributed by atoms with E-state index in [2.05, 4.69) is 4.99 Å². The van der Waals surface area contributed by atoms with Gasteiger partial charge in [0.15, 0.2) is 4.90 Å². The minimum atomic E-state index is -4.25. The molecule has 1 aliphatic heterocycles. The molecule has 0 saturated carbocycles. The highest BCUT2D eigenvalue weighted by Gasteiger charge is 2.39. The summed E-state index contributed by atoms with van der Waals surface area (Å²) in [7, 11) is -4.25. The lowest BCUT2D eigenvalue weighted by Crippen LogP contribution is -2.34. The summed E-state index contributed by atoms with van der Waals surface area (Å²) < 4.78 is 38.9. The molecule has 0 N–H and O–H groups in total. The van der Waals surface area contributed by atoms with Crippen LogP contribution >= 0.6 is 0 Å². The Morgan fingerprint density at radius 2 is 2.19 bits per heavy atom. The van der Waals surface area contributed by atoms with E-state index in [0.717, 1.165) is 16.4 Å². The fraction of sp³-hybridized carbons (Fsp3) is 0.364. The van der Waals surface area contributed by atoms with Crippen molar-refractivity contribution in [2.75, 3.05) is 6.54 Å². The predicted octanol–water partition coefficient (Wildman–Crippen LogP) is 1.18. The lowest BCUT2D eigenvalue weighted by atomic mass is 10.3. The molecule has 1 fully saturated rings.